The van der Waals surface area contributed by atoms with Crippen LogP contribution in [0.1, 0.15) is 60.4 Å². The predicted molar refractivity (Wildman–Crippen MR) is 165 cm³/mol. The van der Waals surface area contributed by atoms with Crippen molar-refractivity contribution in [1.29, 1.82) is 10.8 Å². The number of benzene rings is 2. The van der Waals surface area contributed by atoms with Crippen molar-refractivity contribution in [2.45, 2.75) is 38.1 Å². The largest absolute Gasteiger partial charge is 0.398 e. The number of nitrogen functional groups attached to an aromatic ring is 2. The molecule has 2 aromatic rings. The van der Waals surface area contributed by atoms with Gasteiger partial charge in [0.15, 0.2) is 0 Å². The van der Waals surface area contributed by atoms with Gasteiger partial charge in [0.25, 0.3) is 0 Å². The molecule has 2 bridgehead atoms. The third-order valence-corrected chi connectivity index (χ3v) is 9.85. The average molecular weight is 550 g/mol. The summed E-state index contributed by atoms with van der Waals surface area (Å²) in [5.41, 5.74) is 23.6. The van der Waals surface area contributed by atoms with Gasteiger partial charge in [-0.15, -0.1) is 0 Å². The lowest BCUT2D eigenvalue weighted by Gasteiger charge is -2.44. The first-order valence-electron chi connectivity index (χ1n) is 14.1. The number of anilines is 3. The maximum atomic E-state index is 8.40. The van der Waals surface area contributed by atoms with Gasteiger partial charge in [-0.1, -0.05) is 13.0 Å². The highest BCUT2D eigenvalue weighted by Crippen LogP contribution is 2.64. The van der Waals surface area contributed by atoms with Crippen LogP contribution in [0.15, 0.2) is 30.3 Å². The van der Waals surface area contributed by atoms with Crippen LogP contribution in [0.25, 0.3) is 0 Å². The Labute approximate surface area is 236 Å². The van der Waals surface area contributed by atoms with Gasteiger partial charge in [-0.25, -0.2) is 4.31 Å². The molecule has 10 N–H and O–H groups in total. The van der Waals surface area contributed by atoms with Crippen molar-refractivity contribution in [3.63, 3.8) is 0 Å². The fraction of sp³-hybridized carbons (Fsp3) is 0.517. The Bertz CT molecular complexity index is 1210. The summed E-state index contributed by atoms with van der Waals surface area (Å²) in [6.45, 7) is 6.86. The Morgan fingerprint density at radius 2 is 1.87 bits per heavy atom. The minimum Gasteiger partial charge on any atom is -0.398 e. The maximum Gasteiger partial charge on any atom is 0.124 e. The van der Waals surface area contributed by atoms with Gasteiger partial charge in [-0.05, 0) is 91.9 Å². The third-order valence-electron chi connectivity index (χ3n) is 8.91. The highest BCUT2D eigenvalue weighted by atomic mass is 32.2. The molecule has 0 radical (unpaired) electrons. The number of rotatable bonds is 6. The summed E-state index contributed by atoms with van der Waals surface area (Å²) in [4.78, 5) is 2.36. The number of amidine groups is 1. The van der Waals surface area contributed by atoms with Gasteiger partial charge in [0.05, 0.1) is 11.7 Å². The Hall–Kier alpha value is -2.79. The molecule has 3 fully saturated rings. The number of piperazine rings is 1. The molecule has 39 heavy (non-hydrogen) atoms. The van der Waals surface area contributed by atoms with Crippen LogP contribution in [0.4, 0.5) is 17.1 Å². The van der Waals surface area contributed by atoms with Crippen molar-refractivity contribution in [2.75, 3.05) is 55.5 Å². The lowest BCUT2D eigenvalue weighted by atomic mass is 9.67. The summed E-state index contributed by atoms with van der Waals surface area (Å²) in [5.74, 6) is 2.21. The Kier molecular flexibility index (Phi) is 8.37. The second-order valence-electron chi connectivity index (χ2n) is 11.3. The van der Waals surface area contributed by atoms with Gasteiger partial charge < -0.3 is 37.5 Å². The number of nitrogens with one attached hydrogen (secondary N) is 4. The number of fused-ring (bicyclic) bond motifs is 7. The summed E-state index contributed by atoms with van der Waals surface area (Å²) < 4.78 is 5.96. The van der Waals surface area contributed by atoms with Crippen LogP contribution >= 0.6 is 12.1 Å². The molecule has 2 aliphatic carbocycles. The van der Waals surface area contributed by atoms with Gasteiger partial charge in [0, 0.05) is 67.0 Å². The molecule has 2 heterocycles. The van der Waals surface area contributed by atoms with Gasteiger partial charge >= 0.3 is 0 Å². The highest BCUT2D eigenvalue weighted by molar-refractivity contribution is 7.98. The molecule has 2 aromatic carbocycles. The first kappa shape index (κ1) is 27.8. The number of nitrogens with zero attached hydrogens (tertiary/aromatic N) is 2. The van der Waals surface area contributed by atoms with Gasteiger partial charge in [0.1, 0.15) is 5.84 Å². The first-order chi connectivity index (χ1) is 18.9. The average Bonchev–Trinajstić information content (AvgIpc) is 3.55. The van der Waals surface area contributed by atoms with Crippen molar-refractivity contribution in [3.05, 3.63) is 52.6 Å². The van der Waals surface area contributed by atoms with E-state index in [2.05, 4.69) is 44.5 Å². The van der Waals surface area contributed by atoms with E-state index < -0.39 is 0 Å². The maximum absolute atomic E-state index is 8.40. The van der Waals surface area contributed by atoms with E-state index in [0.29, 0.717) is 34.9 Å². The standard InChI is InChI=1S/C27H36N8S.C2H7N/c1-34-8-10-35(11-9-34)36-33-21-6-7-22-25(19(21)14-28)23-15-2-3-16(12-15)24(23)26(32-22)17-4-5-20(29)18(13-17)27(30)31;1-2-3/h4-7,13-16,23-24,26,28,32-33H,2-3,8-12,29H2,1H3,(H3,30,31);2-3H2,1H3/t15?,16?,23?,24?,26-;/m0./s1. The monoisotopic (exact) mass is 549 g/mol. The fourth-order valence-corrected chi connectivity index (χ4v) is 7.92. The third kappa shape index (κ3) is 5.35. The van der Waals surface area contributed by atoms with Crippen LogP contribution in [0.5, 0.6) is 0 Å². The Balaban J connectivity index is 0.000000983. The lowest BCUT2D eigenvalue weighted by molar-refractivity contribution is 0.234. The van der Waals surface area contributed by atoms with Crippen LogP contribution in [0, 0.1) is 28.6 Å². The molecule has 5 atom stereocenters. The summed E-state index contributed by atoms with van der Waals surface area (Å²) in [6.07, 6.45) is 5.34. The van der Waals surface area contributed by atoms with E-state index in [1.807, 2.05) is 19.1 Å². The molecule has 4 unspecified atom stereocenters. The van der Waals surface area contributed by atoms with Crippen molar-refractivity contribution < 1.29 is 0 Å². The summed E-state index contributed by atoms with van der Waals surface area (Å²) >= 11 is 1.67. The molecule has 0 spiro atoms. The fourth-order valence-electron chi connectivity index (χ4n) is 7.17. The Morgan fingerprint density at radius 1 is 1.15 bits per heavy atom. The molecule has 9 nitrogen and oxygen atoms in total. The summed E-state index contributed by atoms with van der Waals surface area (Å²) in [5, 5.41) is 20.2. The van der Waals surface area contributed by atoms with E-state index in [1.165, 1.54) is 24.8 Å². The highest BCUT2D eigenvalue weighted by Gasteiger charge is 2.54. The topological polar surface area (TPSA) is 156 Å². The molecule has 10 heteroatoms. The van der Waals surface area contributed by atoms with Gasteiger partial charge in [-0.3, -0.25) is 5.41 Å². The van der Waals surface area contributed by atoms with E-state index in [9.17, 15) is 0 Å². The normalized spacial score (nSPS) is 27.5. The number of nitrogens with two attached hydrogens (primary N) is 3. The number of hydrogen-bond acceptors (Lipinski definition) is 9. The SMILES string of the molecule is CCN.CN1CCN(SNc2ccc3c(c2C=N)C2C4CCC(C4)C2[C@H](c2ccc(N)c(C(=N)N)c2)N3)CC1. The number of hydrogen-bond donors (Lipinski definition) is 7. The molecular formula is C29H43N9S. The van der Waals surface area contributed by atoms with Crippen molar-refractivity contribution in [3.8, 4) is 0 Å². The van der Waals surface area contributed by atoms with Crippen LogP contribution in [0.2, 0.25) is 0 Å². The predicted octanol–water partition coefficient (Wildman–Crippen LogP) is 4.03. The molecule has 0 amide bonds. The second-order valence-corrected chi connectivity index (χ2v) is 12.2. The zero-order valence-corrected chi connectivity index (χ0v) is 23.9. The minimum atomic E-state index is 0.00899. The minimum absolute atomic E-state index is 0.00899. The van der Waals surface area contributed by atoms with E-state index in [0.717, 1.165) is 55.2 Å². The van der Waals surface area contributed by atoms with E-state index >= 15 is 0 Å². The smallest absolute Gasteiger partial charge is 0.124 e. The van der Waals surface area contributed by atoms with E-state index in [4.69, 9.17) is 28.0 Å². The van der Waals surface area contributed by atoms with Crippen molar-refractivity contribution >= 4 is 41.2 Å². The summed E-state index contributed by atoms with van der Waals surface area (Å²) in [7, 11) is 2.17. The zero-order valence-electron chi connectivity index (χ0n) is 23.0. The molecule has 4 aliphatic rings. The zero-order chi connectivity index (χ0) is 27.7. The second kappa shape index (κ2) is 11.8. The number of likely N-dealkylation sites (N-methyl/N-ethyl adjacent to an activating group) is 1. The molecular weight excluding hydrogens is 506 g/mol. The lowest BCUT2D eigenvalue weighted by Crippen LogP contribution is -2.41. The van der Waals surface area contributed by atoms with E-state index in [-0.39, 0.29) is 11.9 Å². The van der Waals surface area contributed by atoms with Crippen LogP contribution < -0.4 is 27.2 Å². The molecule has 210 valence electrons. The molecule has 2 aliphatic heterocycles. The molecule has 1 saturated heterocycles. The summed E-state index contributed by atoms with van der Waals surface area (Å²) in [6, 6.07) is 10.4. The Morgan fingerprint density at radius 3 is 2.56 bits per heavy atom. The molecule has 2 saturated carbocycles. The van der Waals surface area contributed by atoms with E-state index in [1.54, 1.807) is 18.3 Å². The van der Waals surface area contributed by atoms with Gasteiger partial charge in [0.2, 0.25) is 0 Å². The van der Waals surface area contributed by atoms with Crippen LogP contribution in [-0.2, 0) is 0 Å². The van der Waals surface area contributed by atoms with Crippen LogP contribution in [-0.4, -0.2) is 61.0 Å². The van der Waals surface area contributed by atoms with Crippen molar-refractivity contribution in [2.24, 2.45) is 29.2 Å². The van der Waals surface area contributed by atoms with Crippen LogP contribution in [0.3, 0.4) is 0 Å². The first-order valence-corrected chi connectivity index (χ1v) is 14.9. The molecule has 0 aromatic heterocycles. The quantitative estimate of drug-likeness (QED) is 0.123. The molecule has 6 rings (SSSR count). The van der Waals surface area contributed by atoms with Crippen molar-refractivity contribution in [1.82, 2.24) is 9.21 Å². The van der Waals surface area contributed by atoms with Gasteiger partial charge in [-0.2, -0.15) is 0 Å².